The molecule has 2 aromatic rings. The van der Waals surface area contributed by atoms with Crippen LogP contribution in [0.3, 0.4) is 0 Å². The number of benzene rings is 1. The van der Waals surface area contributed by atoms with Crippen LogP contribution in [-0.2, 0) is 6.54 Å². The summed E-state index contributed by atoms with van der Waals surface area (Å²) in [6, 6.07) is 9.60. The molecule has 27 heavy (non-hydrogen) atoms. The van der Waals surface area contributed by atoms with Gasteiger partial charge in [0.1, 0.15) is 11.6 Å². The Balaban J connectivity index is 1.53. The number of aromatic nitrogens is 1. The fourth-order valence-corrected chi connectivity index (χ4v) is 3.92. The number of pyridine rings is 1. The van der Waals surface area contributed by atoms with Gasteiger partial charge in [0.05, 0.1) is 6.54 Å². The van der Waals surface area contributed by atoms with E-state index in [1.54, 1.807) is 24.4 Å². The Bertz CT molecular complexity index is 731. The first-order valence-corrected chi connectivity index (χ1v) is 10.3. The minimum absolute atomic E-state index is 0.292. The molecule has 144 valence electrons. The number of nitrogens with one attached hydrogen (secondary N) is 2. The summed E-state index contributed by atoms with van der Waals surface area (Å²) in [5, 5.41) is 7.38. The molecule has 0 saturated carbocycles. The molecule has 2 N–H and O–H groups in total. The molecule has 1 unspecified atom stereocenters. The van der Waals surface area contributed by atoms with E-state index in [1.165, 1.54) is 30.7 Å². The van der Waals surface area contributed by atoms with E-state index in [-0.39, 0.29) is 5.82 Å². The van der Waals surface area contributed by atoms with Gasteiger partial charge in [-0.3, -0.25) is 0 Å². The second kappa shape index (κ2) is 10.2. The second-order valence-electron chi connectivity index (χ2n) is 6.27. The van der Waals surface area contributed by atoms with Gasteiger partial charge in [-0.25, -0.2) is 14.4 Å². The molecule has 1 atom stereocenters. The summed E-state index contributed by atoms with van der Waals surface area (Å²) in [7, 11) is 0. The number of halogens is 1. The van der Waals surface area contributed by atoms with Gasteiger partial charge in [0.25, 0.3) is 0 Å². The van der Waals surface area contributed by atoms with Crippen molar-refractivity contribution < 1.29 is 9.13 Å². The van der Waals surface area contributed by atoms with Crippen LogP contribution in [0.15, 0.2) is 47.6 Å². The summed E-state index contributed by atoms with van der Waals surface area (Å²) in [6.45, 7) is 4.37. The fourth-order valence-electron chi connectivity index (χ4n) is 2.72. The van der Waals surface area contributed by atoms with Gasteiger partial charge in [0.15, 0.2) is 5.96 Å². The molecule has 1 aliphatic heterocycles. The summed E-state index contributed by atoms with van der Waals surface area (Å²) in [5.41, 5.74) is 0.994. The largest absolute Gasteiger partial charge is 0.439 e. The van der Waals surface area contributed by atoms with Gasteiger partial charge in [-0.2, -0.15) is 11.8 Å². The van der Waals surface area contributed by atoms with Crippen LogP contribution in [0.5, 0.6) is 11.6 Å². The van der Waals surface area contributed by atoms with Crippen LogP contribution < -0.4 is 15.4 Å². The monoisotopic (exact) mass is 388 g/mol. The van der Waals surface area contributed by atoms with Gasteiger partial charge in [-0.15, -0.1) is 0 Å². The fraction of sp³-hybridized carbons (Fsp3) is 0.400. The highest BCUT2D eigenvalue weighted by molar-refractivity contribution is 8.00. The first kappa shape index (κ1) is 19.5. The van der Waals surface area contributed by atoms with E-state index in [4.69, 9.17) is 4.74 Å². The lowest BCUT2D eigenvalue weighted by atomic mass is 10.2. The van der Waals surface area contributed by atoms with Gasteiger partial charge >= 0.3 is 0 Å². The van der Waals surface area contributed by atoms with Crippen molar-refractivity contribution in [3.63, 3.8) is 0 Å². The molecule has 1 fully saturated rings. The molecule has 2 heterocycles. The van der Waals surface area contributed by atoms with Crippen molar-refractivity contribution in [1.29, 1.82) is 0 Å². The summed E-state index contributed by atoms with van der Waals surface area (Å²) in [4.78, 5) is 8.93. The number of rotatable bonds is 7. The van der Waals surface area contributed by atoms with Gasteiger partial charge in [-0.1, -0.05) is 6.07 Å². The number of ether oxygens (including phenoxy) is 1. The molecule has 0 bridgehead atoms. The van der Waals surface area contributed by atoms with E-state index in [0.29, 0.717) is 23.4 Å². The molecule has 0 aliphatic carbocycles. The van der Waals surface area contributed by atoms with Crippen LogP contribution in [0.25, 0.3) is 0 Å². The van der Waals surface area contributed by atoms with Gasteiger partial charge in [-0.05, 0) is 55.3 Å². The van der Waals surface area contributed by atoms with Crippen molar-refractivity contribution in [2.75, 3.05) is 18.8 Å². The van der Waals surface area contributed by atoms with Crippen molar-refractivity contribution in [3.05, 3.63) is 54.0 Å². The topological polar surface area (TPSA) is 58.5 Å². The molecule has 7 heteroatoms. The Labute approximate surface area is 163 Å². The number of thioether (sulfide) groups is 1. The maximum Gasteiger partial charge on any atom is 0.219 e. The Morgan fingerprint density at radius 1 is 1.26 bits per heavy atom. The molecule has 1 aromatic heterocycles. The van der Waals surface area contributed by atoms with E-state index < -0.39 is 0 Å². The molecule has 1 saturated heterocycles. The highest BCUT2D eigenvalue weighted by atomic mass is 32.2. The van der Waals surface area contributed by atoms with Crippen molar-refractivity contribution in [3.8, 4) is 11.6 Å². The number of nitrogens with zero attached hydrogens (tertiary/aromatic N) is 2. The summed E-state index contributed by atoms with van der Waals surface area (Å²) < 4.78 is 18.5. The smallest absolute Gasteiger partial charge is 0.219 e. The zero-order valence-corrected chi connectivity index (χ0v) is 16.3. The molecule has 0 spiro atoms. The van der Waals surface area contributed by atoms with E-state index in [1.807, 2.05) is 17.8 Å². The molecular weight excluding hydrogens is 363 g/mol. The average molecular weight is 389 g/mol. The first-order chi connectivity index (χ1) is 13.2. The van der Waals surface area contributed by atoms with Crippen molar-refractivity contribution >= 4 is 17.7 Å². The average Bonchev–Trinajstić information content (AvgIpc) is 3.21. The van der Waals surface area contributed by atoms with Gasteiger partial charge < -0.3 is 15.4 Å². The van der Waals surface area contributed by atoms with E-state index >= 15 is 0 Å². The predicted molar refractivity (Wildman–Crippen MR) is 109 cm³/mol. The van der Waals surface area contributed by atoms with Crippen LogP contribution >= 0.6 is 11.8 Å². The Morgan fingerprint density at radius 2 is 2.11 bits per heavy atom. The highest BCUT2D eigenvalue weighted by Crippen LogP contribution is 2.25. The molecule has 3 rings (SSSR count). The molecular formula is C20H25FN4OS. The number of hydrogen-bond acceptors (Lipinski definition) is 4. The summed E-state index contributed by atoms with van der Waals surface area (Å²) in [6.07, 6.45) is 4.33. The molecule has 1 aromatic carbocycles. The SMILES string of the molecule is CCNC(=NCc1ccc(Oc2ccc(F)cc2)nc1)NCC1CCCS1. The van der Waals surface area contributed by atoms with Crippen molar-refractivity contribution in [2.24, 2.45) is 4.99 Å². The molecule has 1 aliphatic rings. The lowest BCUT2D eigenvalue weighted by molar-refractivity contribution is 0.461. The molecule has 0 amide bonds. The third-order valence-corrected chi connectivity index (χ3v) is 5.52. The van der Waals surface area contributed by atoms with Crippen LogP contribution in [-0.4, -0.2) is 35.0 Å². The maximum atomic E-state index is 12.9. The molecule has 0 radical (unpaired) electrons. The second-order valence-corrected chi connectivity index (χ2v) is 7.68. The quantitative estimate of drug-likeness (QED) is 0.555. The van der Waals surface area contributed by atoms with Crippen LogP contribution in [0, 0.1) is 5.82 Å². The van der Waals surface area contributed by atoms with Crippen LogP contribution in [0.4, 0.5) is 4.39 Å². The minimum atomic E-state index is -0.292. The van der Waals surface area contributed by atoms with Crippen LogP contribution in [0.2, 0.25) is 0 Å². The normalized spacial score (nSPS) is 17.0. The third kappa shape index (κ3) is 6.43. The molecule has 5 nitrogen and oxygen atoms in total. The predicted octanol–water partition coefficient (Wildman–Crippen LogP) is 3.96. The first-order valence-electron chi connectivity index (χ1n) is 9.25. The van der Waals surface area contributed by atoms with Gasteiger partial charge in [0.2, 0.25) is 5.88 Å². The van der Waals surface area contributed by atoms with Gasteiger partial charge in [0, 0.05) is 30.6 Å². The van der Waals surface area contributed by atoms with E-state index in [0.717, 1.165) is 24.6 Å². The Hall–Kier alpha value is -2.28. The lowest BCUT2D eigenvalue weighted by Gasteiger charge is -2.14. The van der Waals surface area contributed by atoms with Crippen molar-refractivity contribution in [2.45, 2.75) is 31.6 Å². The zero-order valence-electron chi connectivity index (χ0n) is 15.5. The Kier molecular flexibility index (Phi) is 7.33. The number of hydrogen-bond donors (Lipinski definition) is 2. The summed E-state index contributed by atoms with van der Waals surface area (Å²) in [5.74, 6) is 2.82. The zero-order chi connectivity index (χ0) is 18.9. The highest BCUT2D eigenvalue weighted by Gasteiger charge is 2.15. The summed E-state index contributed by atoms with van der Waals surface area (Å²) >= 11 is 2.03. The number of aliphatic imine (C=N–C) groups is 1. The van der Waals surface area contributed by atoms with Crippen LogP contribution in [0.1, 0.15) is 25.3 Å². The standard InChI is InChI=1S/C20H25FN4OS/c1-2-22-20(25-14-18-4-3-11-27-18)24-13-15-5-10-19(23-12-15)26-17-8-6-16(21)7-9-17/h5-10,12,18H,2-4,11,13-14H2,1H3,(H2,22,24,25). The van der Waals surface area contributed by atoms with Crippen molar-refractivity contribution in [1.82, 2.24) is 15.6 Å². The minimum Gasteiger partial charge on any atom is -0.439 e. The lowest BCUT2D eigenvalue weighted by Crippen LogP contribution is -2.40. The maximum absolute atomic E-state index is 12.9. The third-order valence-electron chi connectivity index (χ3n) is 4.12. The van der Waals surface area contributed by atoms with E-state index in [9.17, 15) is 4.39 Å². The number of guanidine groups is 1. The Morgan fingerprint density at radius 3 is 2.78 bits per heavy atom. The van der Waals surface area contributed by atoms with E-state index in [2.05, 4.69) is 27.5 Å².